The molecule has 5 aromatic rings. The molecule has 1 saturated carbocycles. The summed E-state index contributed by atoms with van der Waals surface area (Å²) in [5, 5.41) is 17.9. The Balaban J connectivity index is 1.15. The highest BCUT2D eigenvalue weighted by Crippen LogP contribution is 2.64. The smallest absolute Gasteiger partial charge is 0.242 e. The summed E-state index contributed by atoms with van der Waals surface area (Å²) in [6, 6.07) is 19.1. The lowest BCUT2D eigenvalue weighted by molar-refractivity contribution is -0.131. The van der Waals surface area contributed by atoms with E-state index in [1.807, 2.05) is 38.1 Å². The Kier molecular flexibility index (Phi) is 7.91. The molecule has 4 heterocycles. The zero-order valence-corrected chi connectivity index (χ0v) is 32.0. The van der Waals surface area contributed by atoms with E-state index in [9.17, 15) is 19.5 Å². The lowest BCUT2D eigenvalue weighted by Gasteiger charge is -2.49. The van der Waals surface area contributed by atoms with Gasteiger partial charge in [0.1, 0.15) is 11.5 Å². The maximum Gasteiger partial charge on any atom is 0.242 e. The number of phenolic OH excluding ortho intramolecular Hbond substituents is 1. The molecule has 9 rings (SSSR count). The number of aromatic nitrogens is 2. The van der Waals surface area contributed by atoms with Crippen molar-refractivity contribution in [2.45, 2.75) is 32.6 Å². The van der Waals surface area contributed by atoms with E-state index in [2.05, 4.69) is 0 Å². The van der Waals surface area contributed by atoms with Crippen molar-refractivity contribution >= 4 is 79.8 Å². The standard InChI is InChI=1S/C41H34Cl2N4O6S/c1-19-26-16-22(43)8-14-32(26)54-36(19)29-18-33(45(3)44-29)47-38(50)28-17-27-24(35(41(28,2)40(47)52)20-5-13-31(53-4)30(48)15-20)11-12-25-34(27)39(51)46(37(25)49)23-9-6-21(42)7-10-23/h5-11,13-16,18,25,27-28,34-35,48H,12,17H2,1-4H3. The topological polar surface area (TPSA) is 122 Å². The Morgan fingerprint density at radius 3 is 2.37 bits per heavy atom. The van der Waals surface area contributed by atoms with Crippen molar-refractivity contribution in [2.24, 2.45) is 36.1 Å². The molecular weight excluding hydrogens is 747 g/mol. The quantitative estimate of drug-likeness (QED) is 0.141. The van der Waals surface area contributed by atoms with Gasteiger partial charge in [-0.25, -0.2) is 4.90 Å². The molecule has 0 spiro atoms. The summed E-state index contributed by atoms with van der Waals surface area (Å²) < 4.78 is 7.94. The number of hydrogen-bond acceptors (Lipinski definition) is 8. The second kappa shape index (κ2) is 12.3. The Morgan fingerprint density at radius 1 is 0.907 bits per heavy atom. The minimum atomic E-state index is -1.30. The number of aromatic hydroxyl groups is 1. The van der Waals surface area contributed by atoms with Crippen molar-refractivity contribution in [3.8, 4) is 22.1 Å². The van der Waals surface area contributed by atoms with Crippen LogP contribution in [0.3, 0.4) is 0 Å². The molecule has 274 valence electrons. The van der Waals surface area contributed by atoms with Crippen molar-refractivity contribution in [2.75, 3.05) is 16.9 Å². The van der Waals surface area contributed by atoms with Crippen LogP contribution in [0.15, 0.2) is 78.4 Å². The number of thiophene rings is 1. The molecule has 2 aliphatic heterocycles. The largest absolute Gasteiger partial charge is 0.504 e. The monoisotopic (exact) mass is 780 g/mol. The number of rotatable bonds is 5. The summed E-state index contributed by atoms with van der Waals surface area (Å²) in [6.45, 7) is 3.81. The minimum Gasteiger partial charge on any atom is -0.504 e. The fraction of sp³-hybridized carbons (Fsp3) is 0.293. The Morgan fingerprint density at radius 2 is 1.65 bits per heavy atom. The van der Waals surface area contributed by atoms with Crippen LogP contribution in [0, 0.1) is 36.0 Å². The predicted octanol–water partition coefficient (Wildman–Crippen LogP) is 8.07. The van der Waals surface area contributed by atoms with E-state index in [1.54, 1.807) is 71.6 Å². The number of halogens is 2. The van der Waals surface area contributed by atoms with E-state index in [0.29, 0.717) is 39.2 Å². The van der Waals surface area contributed by atoms with Gasteiger partial charge in [0.05, 0.1) is 40.8 Å². The number of benzene rings is 3. The highest BCUT2D eigenvalue weighted by molar-refractivity contribution is 7.22. The number of imide groups is 2. The number of anilines is 2. The molecule has 54 heavy (non-hydrogen) atoms. The van der Waals surface area contributed by atoms with Crippen molar-refractivity contribution in [1.29, 1.82) is 0 Å². The van der Waals surface area contributed by atoms with Crippen LogP contribution in [0.4, 0.5) is 11.5 Å². The lowest BCUT2D eigenvalue weighted by atomic mass is 9.51. The molecule has 10 nitrogen and oxygen atoms in total. The molecule has 3 fully saturated rings. The maximum absolute atomic E-state index is 15.1. The van der Waals surface area contributed by atoms with E-state index in [4.69, 9.17) is 33.0 Å². The molecule has 6 unspecified atom stereocenters. The number of nitrogens with zero attached hydrogens (tertiary/aromatic N) is 4. The minimum absolute atomic E-state index is 0.113. The molecule has 2 aromatic heterocycles. The molecule has 13 heteroatoms. The number of ether oxygens (including phenoxy) is 1. The van der Waals surface area contributed by atoms with Crippen LogP contribution < -0.4 is 14.5 Å². The molecular formula is C41H34Cl2N4O6S. The van der Waals surface area contributed by atoms with Gasteiger partial charge in [0, 0.05) is 33.8 Å². The highest BCUT2D eigenvalue weighted by atomic mass is 35.5. The number of hydrogen-bond donors (Lipinski definition) is 1. The lowest BCUT2D eigenvalue weighted by Crippen LogP contribution is -2.48. The normalized spacial score (nSPS) is 26.3. The number of methoxy groups -OCH3 is 1. The first-order valence-corrected chi connectivity index (χ1v) is 19.2. The van der Waals surface area contributed by atoms with Crippen LogP contribution in [0.25, 0.3) is 20.7 Å². The maximum atomic E-state index is 15.1. The summed E-state index contributed by atoms with van der Waals surface area (Å²) in [5.41, 5.74) is 2.17. The fourth-order valence-electron chi connectivity index (χ4n) is 9.56. The molecule has 3 aromatic carbocycles. The summed E-state index contributed by atoms with van der Waals surface area (Å²) in [6.07, 6.45) is 2.47. The number of carbonyl (C=O) groups excluding carboxylic acids is 4. The number of phenols is 1. The van der Waals surface area contributed by atoms with Crippen LogP contribution >= 0.6 is 34.5 Å². The van der Waals surface area contributed by atoms with E-state index in [1.165, 1.54) is 16.9 Å². The van der Waals surface area contributed by atoms with Crippen LogP contribution in [-0.2, 0) is 26.2 Å². The molecule has 0 radical (unpaired) electrons. The van der Waals surface area contributed by atoms with Gasteiger partial charge in [0.2, 0.25) is 23.6 Å². The van der Waals surface area contributed by atoms with Crippen LogP contribution in [0.1, 0.15) is 36.8 Å². The third-order valence-corrected chi connectivity index (χ3v) is 13.9. The van der Waals surface area contributed by atoms with E-state index >= 15 is 4.79 Å². The average Bonchev–Trinajstić information content (AvgIpc) is 3.82. The molecule has 1 N–H and O–H groups in total. The zero-order valence-electron chi connectivity index (χ0n) is 29.7. The zero-order chi connectivity index (χ0) is 38.0. The Hall–Kier alpha value is -4.97. The van der Waals surface area contributed by atoms with E-state index < -0.39 is 46.8 Å². The van der Waals surface area contributed by atoms with Crippen molar-refractivity contribution in [3.63, 3.8) is 0 Å². The third kappa shape index (κ3) is 4.80. The van der Waals surface area contributed by atoms with E-state index in [0.717, 1.165) is 26.1 Å². The van der Waals surface area contributed by atoms with Crippen LogP contribution in [-0.4, -0.2) is 45.6 Å². The fourth-order valence-corrected chi connectivity index (χ4v) is 11.0. The summed E-state index contributed by atoms with van der Waals surface area (Å²) in [4.78, 5) is 61.6. The first-order valence-electron chi connectivity index (χ1n) is 17.6. The van der Waals surface area contributed by atoms with Gasteiger partial charge in [-0.3, -0.25) is 28.8 Å². The van der Waals surface area contributed by atoms with Crippen molar-refractivity contribution < 1.29 is 29.0 Å². The van der Waals surface area contributed by atoms with E-state index in [-0.39, 0.29) is 29.7 Å². The SMILES string of the molecule is COc1ccc(C2C3=CCC4C(=O)N(c5ccc(Cl)cc5)C(=O)C4C3CC3C(=O)N(c4cc(-c5sc6ccc(Cl)cc6c5C)nn4C)C(=O)C32C)cc1O. The first-order chi connectivity index (χ1) is 25.8. The second-order valence-electron chi connectivity index (χ2n) is 14.8. The van der Waals surface area contributed by atoms with Gasteiger partial charge in [-0.05, 0) is 104 Å². The summed E-state index contributed by atoms with van der Waals surface area (Å²) in [7, 11) is 3.17. The second-order valence-corrected chi connectivity index (χ2v) is 16.7. The van der Waals surface area contributed by atoms with Gasteiger partial charge in [-0.15, -0.1) is 11.3 Å². The summed E-state index contributed by atoms with van der Waals surface area (Å²) >= 11 is 14.0. The highest BCUT2D eigenvalue weighted by Gasteiger charge is 2.68. The number of aryl methyl sites for hydroxylation is 2. The van der Waals surface area contributed by atoms with Crippen LogP contribution in [0.5, 0.6) is 11.5 Å². The molecule has 4 aliphatic rings. The third-order valence-electron chi connectivity index (χ3n) is 12.1. The van der Waals surface area contributed by atoms with Gasteiger partial charge in [0.25, 0.3) is 0 Å². The number of amides is 4. The van der Waals surface area contributed by atoms with Gasteiger partial charge in [0.15, 0.2) is 11.5 Å². The molecule has 2 saturated heterocycles. The number of carbonyl (C=O) groups is 4. The number of allylic oxidation sites excluding steroid dienone is 2. The van der Waals surface area contributed by atoms with Gasteiger partial charge in [-0.1, -0.05) is 40.9 Å². The first kappa shape index (κ1) is 34.8. The molecule has 6 atom stereocenters. The van der Waals surface area contributed by atoms with Crippen LogP contribution in [0.2, 0.25) is 10.0 Å². The van der Waals surface area contributed by atoms with Crippen molar-refractivity contribution in [3.05, 3.63) is 99.6 Å². The Labute approximate surface area is 324 Å². The number of fused-ring (bicyclic) bond motifs is 5. The van der Waals surface area contributed by atoms with Gasteiger partial charge >= 0.3 is 0 Å². The molecule has 2 aliphatic carbocycles. The average molecular weight is 782 g/mol. The van der Waals surface area contributed by atoms with Gasteiger partial charge < -0.3 is 9.84 Å². The Bertz CT molecular complexity index is 2510. The van der Waals surface area contributed by atoms with Crippen molar-refractivity contribution in [1.82, 2.24) is 9.78 Å². The predicted molar refractivity (Wildman–Crippen MR) is 207 cm³/mol. The summed E-state index contributed by atoms with van der Waals surface area (Å²) in [5.74, 6) is -4.38. The molecule has 0 bridgehead atoms. The van der Waals surface area contributed by atoms with Gasteiger partial charge in [-0.2, -0.15) is 5.10 Å². The molecule has 4 amide bonds.